The fraction of sp³-hybridized carbons (Fsp3) is 0. The minimum absolute atomic E-state index is 0.559. The second-order valence-electron chi connectivity index (χ2n) is 15.9. The van der Waals surface area contributed by atoms with Crippen LogP contribution in [-0.4, -0.2) is 19.5 Å². The van der Waals surface area contributed by atoms with Crippen molar-refractivity contribution in [1.29, 1.82) is 0 Å². The highest BCUT2D eigenvalue weighted by Crippen LogP contribution is 2.45. The first-order valence-electron chi connectivity index (χ1n) is 20.7. The third-order valence-electron chi connectivity index (χ3n) is 12.4. The average molecular weight is 827 g/mol. The van der Waals surface area contributed by atoms with Crippen LogP contribution >= 0.6 is 22.7 Å². The molecule has 0 saturated heterocycles. The molecular weight excluding hydrogens is 797 g/mol. The highest BCUT2D eigenvalue weighted by atomic mass is 32.1. The Labute approximate surface area is 361 Å². The van der Waals surface area contributed by atoms with E-state index in [-0.39, 0.29) is 0 Å². The van der Waals surface area contributed by atoms with E-state index < -0.39 is 0 Å². The first kappa shape index (κ1) is 34.0. The van der Waals surface area contributed by atoms with Crippen LogP contribution in [0.5, 0.6) is 0 Å². The zero-order valence-electron chi connectivity index (χ0n) is 32.8. The van der Waals surface area contributed by atoms with E-state index >= 15 is 0 Å². The number of para-hydroxylation sites is 3. The predicted octanol–water partition coefficient (Wildman–Crippen LogP) is 15.8. The molecule has 0 saturated carbocycles. The molecule has 0 aliphatic rings. The minimum atomic E-state index is 0.559. The Kier molecular flexibility index (Phi) is 7.08. The van der Waals surface area contributed by atoms with Gasteiger partial charge in [-0.05, 0) is 71.4 Å². The number of rotatable bonds is 4. The summed E-state index contributed by atoms with van der Waals surface area (Å²) in [5, 5.41) is 11.7. The second kappa shape index (κ2) is 12.9. The van der Waals surface area contributed by atoms with Gasteiger partial charge in [-0.15, -0.1) is 22.7 Å². The van der Waals surface area contributed by atoms with E-state index in [0.717, 1.165) is 60.0 Å². The van der Waals surface area contributed by atoms with Gasteiger partial charge in [0.05, 0.1) is 22.3 Å². The zero-order valence-corrected chi connectivity index (χ0v) is 34.5. The molecule has 0 atom stereocenters. The van der Waals surface area contributed by atoms with Crippen LogP contribution in [0.15, 0.2) is 186 Å². The molecule has 5 heterocycles. The first-order valence-corrected chi connectivity index (χ1v) is 22.3. The SMILES string of the molecule is c1ccc2cc3c(cc2c1)c1ccccc1n3-c1cc2c(cc1-c1nc(-c3cccc4c3oc3ccccc34)nc(-c3cccc4c3sc3ccccc34)n1)sc1ccccc12. The third kappa shape index (κ3) is 4.92. The number of furan rings is 1. The highest BCUT2D eigenvalue weighted by Gasteiger charge is 2.24. The number of hydrogen-bond donors (Lipinski definition) is 0. The van der Waals surface area contributed by atoms with E-state index in [1.165, 1.54) is 57.2 Å². The van der Waals surface area contributed by atoms with Crippen LogP contribution in [0.4, 0.5) is 0 Å². The lowest BCUT2D eigenvalue weighted by Crippen LogP contribution is -2.04. The van der Waals surface area contributed by atoms with Gasteiger partial charge < -0.3 is 8.98 Å². The summed E-state index contributed by atoms with van der Waals surface area (Å²) in [5.41, 5.74) is 7.55. The van der Waals surface area contributed by atoms with Crippen molar-refractivity contribution in [3.63, 3.8) is 0 Å². The van der Waals surface area contributed by atoms with Crippen LogP contribution in [0.25, 0.3) is 135 Å². The molecule has 0 aliphatic heterocycles. The van der Waals surface area contributed by atoms with Crippen LogP contribution < -0.4 is 0 Å². The lowest BCUT2D eigenvalue weighted by atomic mass is 10.0. The van der Waals surface area contributed by atoms with Crippen molar-refractivity contribution >= 4 is 118 Å². The predicted molar refractivity (Wildman–Crippen MR) is 261 cm³/mol. The topological polar surface area (TPSA) is 56.7 Å². The summed E-state index contributed by atoms with van der Waals surface area (Å²) in [4.78, 5) is 16.4. The maximum absolute atomic E-state index is 6.64. The molecule has 5 aromatic heterocycles. The summed E-state index contributed by atoms with van der Waals surface area (Å²) in [5.74, 6) is 1.77. The van der Waals surface area contributed by atoms with Crippen molar-refractivity contribution in [2.24, 2.45) is 0 Å². The summed E-state index contributed by atoms with van der Waals surface area (Å²) in [7, 11) is 0. The molecule has 0 N–H and O–H groups in total. The fourth-order valence-electron chi connectivity index (χ4n) is 9.62. The van der Waals surface area contributed by atoms with Crippen molar-refractivity contribution < 1.29 is 4.42 Å². The largest absolute Gasteiger partial charge is 0.455 e. The molecule has 0 fully saturated rings. The molecule has 9 aromatic carbocycles. The molecule has 0 bridgehead atoms. The lowest BCUT2D eigenvalue weighted by molar-refractivity contribution is 0.669. The molecule has 5 nitrogen and oxygen atoms in total. The molecule has 14 rings (SSSR count). The first-order chi connectivity index (χ1) is 30.7. The Morgan fingerprint density at radius 3 is 1.79 bits per heavy atom. The maximum Gasteiger partial charge on any atom is 0.167 e. The molecule has 0 radical (unpaired) electrons. The normalized spacial score (nSPS) is 12.2. The van der Waals surface area contributed by atoms with Crippen LogP contribution in [0, 0.1) is 0 Å². The fourth-order valence-corrected chi connectivity index (χ4v) is 12.0. The van der Waals surface area contributed by atoms with Crippen molar-refractivity contribution in [2.45, 2.75) is 0 Å². The minimum Gasteiger partial charge on any atom is -0.455 e. The monoisotopic (exact) mass is 826 g/mol. The van der Waals surface area contributed by atoms with Gasteiger partial charge in [-0.2, -0.15) is 0 Å². The molecule has 14 aromatic rings. The van der Waals surface area contributed by atoms with Crippen molar-refractivity contribution in [3.05, 3.63) is 182 Å². The van der Waals surface area contributed by atoms with E-state index in [4.69, 9.17) is 19.4 Å². The molecule has 288 valence electrons. The standard InChI is InChI=1S/C55H30N4OS2/c1-2-14-32-28-45-41(27-31(32)13-1)33-15-3-7-23-44(33)59(45)46-29-42-36-18-6-9-25-48(36)61-50(42)30-43(46)55-57-53(39-21-11-19-37-34-16-4-8-24-47(34)60-51(37)39)56-54(58-55)40-22-12-20-38-35-17-5-10-26-49(35)62-52(38)40/h1-30H. The van der Waals surface area contributed by atoms with Crippen LogP contribution in [-0.2, 0) is 0 Å². The van der Waals surface area contributed by atoms with E-state index in [2.05, 4.69) is 174 Å². The van der Waals surface area contributed by atoms with E-state index in [1.54, 1.807) is 22.7 Å². The van der Waals surface area contributed by atoms with E-state index in [1.807, 2.05) is 12.1 Å². The molecule has 0 amide bonds. The Hall–Kier alpha value is -7.71. The van der Waals surface area contributed by atoms with Crippen LogP contribution in [0.3, 0.4) is 0 Å². The van der Waals surface area contributed by atoms with Gasteiger partial charge in [-0.1, -0.05) is 121 Å². The average Bonchev–Trinajstić information content (AvgIpc) is 4.09. The van der Waals surface area contributed by atoms with Gasteiger partial charge in [0.1, 0.15) is 11.2 Å². The Morgan fingerprint density at radius 2 is 0.968 bits per heavy atom. The summed E-state index contributed by atoms with van der Waals surface area (Å²) < 4.78 is 13.9. The molecule has 0 spiro atoms. The molecule has 7 heteroatoms. The summed E-state index contributed by atoms with van der Waals surface area (Å²) in [6.07, 6.45) is 0. The Balaban J connectivity index is 1.12. The van der Waals surface area contributed by atoms with Gasteiger partial charge in [-0.25, -0.2) is 15.0 Å². The molecule has 0 aliphatic carbocycles. The van der Waals surface area contributed by atoms with Gasteiger partial charge in [0.2, 0.25) is 0 Å². The summed E-state index contributed by atoms with van der Waals surface area (Å²) in [6.45, 7) is 0. The molecule has 62 heavy (non-hydrogen) atoms. The van der Waals surface area contributed by atoms with Gasteiger partial charge in [0.15, 0.2) is 17.5 Å². The van der Waals surface area contributed by atoms with Crippen LogP contribution in [0.1, 0.15) is 0 Å². The third-order valence-corrected chi connectivity index (χ3v) is 14.8. The van der Waals surface area contributed by atoms with Gasteiger partial charge in [-0.3, -0.25) is 0 Å². The van der Waals surface area contributed by atoms with E-state index in [9.17, 15) is 0 Å². The van der Waals surface area contributed by atoms with Crippen molar-refractivity contribution in [3.8, 4) is 39.9 Å². The summed E-state index contributed by atoms with van der Waals surface area (Å²) >= 11 is 3.58. The van der Waals surface area contributed by atoms with Gasteiger partial charge >= 0.3 is 0 Å². The van der Waals surface area contributed by atoms with Gasteiger partial charge in [0, 0.05) is 73.0 Å². The maximum atomic E-state index is 6.64. The number of nitrogens with zero attached hydrogens (tertiary/aromatic N) is 4. The quantitative estimate of drug-likeness (QED) is 0.177. The van der Waals surface area contributed by atoms with Gasteiger partial charge in [0.25, 0.3) is 0 Å². The highest BCUT2D eigenvalue weighted by molar-refractivity contribution is 7.26. The number of benzene rings is 9. The Morgan fingerprint density at radius 1 is 0.371 bits per heavy atom. The van der Waals surface area contributed by atoms with E-state index in [0.29, 0.717) is 17.5 Å². The number of aromatic nitrogens is 4. The zero-order chi connectivity index (χ0) is 40.5. The summed E-state index contributed by atoms with van der Waals surface area (Å²) in [6, 6.07) is 64.9. The van der Waals surface area contributed by atoms with Crippen molar-refractivity contribution in [2.75, 3.05) is 0 Å². The lowest BCUT2D eigenvalue weighted by Gasteiger charge is -2.16. The van der Waals surface area contributed by atoms with Crippen LogP contribution in [0.2, 0.25) is 0 Å². The molecule has 0 unspecified atom stereocenters. The number of hydrogen-bond acceptors (Lipinski definition) is 6. The smallest absolute Gasteiger partial charge is 0.167 e. The van der Waals surface area contributed by atoms with Crippen molar-refractivity contribution in [1.82, 2.24) is 19.5 Å². The number of thiophene rings is 2. The molecular formula is C55H30N4OS2. The number of fused-ring (bicyclic) bond motifs is 13. The second-order valence-corrected chi connectivity index (χ2v) is 18.0. The Bertz CT molecular complexity index is 4060.